The first-order valence-electron chi connectivity index (χ1n) is 3.65. The molecule has 0 spiro atoms. The van der Waals surface area contributed by atoms with Crippen LogP contribution in [0.25, 0.3) is 0 Å². The molecular formula is C7H17F2N. The van der Waals surface area contributed by atoms with Gasteiger partial charge in [-0.15, -0.1) is 0 Å². The van der Waals surface area contributed by atoms with Crippen LogP contribution in [-0.2, 0) is 0 Å². The second-order valence-electron chi connectivity index (χ2n) is 1.74. The van der Waals surface area contributed by atoms with Crippen molar-refractivity contribution in [3.8, 4) is 0 Å². The molecule has 0 saturated heterocycles. The molecule has 0 aromatic heterocycles. The minimum atomic E-state index is -2.52. The third-order valence-electron chi connectivity index (χ3n) is 0.953. The fraction of sp³-hybridized carbons (Fsp3) is 1.00. The van der Waals surface area contributed by atoms with E-state index in [4.69, 9.17) is 0 Å². The number of nitrogens with one attached hydrogen (secondary N) is 1. The second kappa shape index (κ2) is 6.93. The molecule has 0 aliphatic carbocycles. The molecule has 0 heterocycles. The summed E-state index contributed by atoms with van der Waals surface area (Å²) >= 11 is 0. The van der Waals surface area contributed by atoms with E-state index in [0.717, 1.165) is 0 Å². The molecule has 0 aliphatic rings. The molecule has 0 aromatic rings. The molecule has 0 radical (unpaired) electrons. The third kappa shape index (κ3) is 7.82. The average molecular weight is 153 g/mol. The summed E-state index contributed by atoms with van der Waals surface area (Å²) in [7, 11) is 1.52. The Morgan fingerprint density at radius 3 is 1.80 bits per heavy atom. The molecule has 0 bridgehead atoms. The zero-order valence-corrected chi connectivity index (χ0v) is 7.17. The molecular weight excluding hydrogens is 136 g/mol. The van der Waals surface area contributed by atoms with Crippen molar-refractivity contribution in [1.29, 1.82) is 0 Å². The number of alkyl halides is 2. The van der Waals surface area contributed by atoms with Gasteiger partial charge in [0.15, 0.2) is 0 Å². The van der Waals surface area contributed by atoms with Gasteiger partial charge in [-0.05, 0) is 7.05 Å². The fourth-order valence-electron chi connectivity index (χ4n) is 0.384. The van der Waals surface area contributed by atoms with Crippen LogP contribution >= 0.6 is 0 Å². The Balaban J connectivity index is 0. The predicted molar refractivity (Wildman–Crippen MR) is 40.5 cm³/mol. The first kappa shape index (κ1) is 12.5. The Morgan fingerprint density at radius 1 is 1.30 bits per heavy atom. The first-order valence-corrected chi connectivity index (χ1v) is 3.65. The van der Waals surface area contributed by atoms with Gasteiger partial charge in [0.25, 0.3) is 5.92 Å². The lowest BCUT2D eigenvalue weighted by Crippen LogP contribution is -2.29. The third-order valence-corrected chi connectivity index (χ3v) is 0.953. The van der Waals surface area contributed by atoms with Crippen molar-refractivity contribution in [2.75, 3.05) is 13.6 Å². The maximum atomic E-state index is 12.1. The summed E-state index contributed by atoms with van der Waals surface area (Å²) in [5.74, 6) is -2.52. The largest absolute Gasteiger partial charge is 0.314 e. The van der Waals surface area contributed by atoms with Gasteiger partial charge >= 0.3 is 0 Å². The standard InChI is InChI=1S/C5H11F2N.C2H6/c1-3-5(6,7)4-8-2;1-2/h8H,3-4H2,1-2H3;1-2H3. The van der Waals surface area contributed by atoms with Crippen LogP contribution in [0.5, 0.6) is 0 Å². The number of rotatable bonds is 3. The highest BCUT2D eigenvalue weighted by atomic mass is 19.3. The smallest absolute Gasteiger partial charge is 0.260 e. The van der Waals surface area contributed by atoms with Crippen molar-refractivity contribution in [1.82, 2.24) is 5.32 Å². The summed E-state index contributed by atoms with van der Waals surface area (Å²) in [5.41, 5.74) is 0. The van der Waals surface area contributed by atoms with E-state index in [-0.39, 0.29) is 13.0 Å². The quantitative estimate of drug-likeness (QED) is 0.656. The van der Waals surface area contributed by atoms with E-state index in [1.165, 1.54) is 14.0 Å². The van der Waals surface area contributed by atoms with Crippen molar-refractivity contribution in [2.24, 2.45) is 0 Å². The van der Waals surface area contributed by atoms with Crippen molar-refractivity contribution < 1.29 is 8.78 Å². The average Bonchev–Trinajstić information content (AvgIpc) is 1.93. The summed E-state index contributed by atoms with van der Waals surface area (Å²) in [6.45, 7) is 5.25. The van der Waals surface area contributed by atoms with Crippen LogP contribution in [0.3, 0.4) is 0 Å². The first-order chi connectivity index (χ1) is 4.62. The zero-order valence-electron chi connectivity index (χ0n) is 7.17. The van der Waals surface area contributed by atoms with Gasteiger partial charge in [0, 0.05) is 6.42 Å². The minimum Gasteiger partial charge on any atom is -0.314 e. The summed E-state index contributed by atoms with van der Waals surface area (Å²) in [4.78, 5) is 0. The highest BCUT2D eigenvalue weighted by molar-refractivity contribution is 4.64. The molecule has 0 rings (SSSR count). The van der Waals surface area contributed by atoms with Crippen LogP contribution in [0, 0.1) is 0 Å². The summed E-state index contributed by atoms with van der Waals surface area (Å²) in [6.07, 6.45) is -0.0894. The second-order valence-corrected chi connectivity index (χ2v) is 1.74. The SMILES string of the molecule is CC.CCC(F)(F)CNC. The molecule has 0 amide bonds. The van der Waals surface area contributed by atoms with Crippen molar-refractivity contribution in [2.45, 2.75) is 33.1 Å². The van der Waals surface area contributed by atoms with E-state index in [1.807, 2.05) is 13.8 Å². The Morgan fingerprint density at radius 2 is 1.70 bits per heavy atom. The van der Waals surface area contributed by atoms with E-state index >= 15 is 0 Å². The Hall–Kier alpha value is -0.180. The van der Waals surface area contributed by atoms with Crippen LogP contribution in [0.4, 0.5) is 8.78 Å². The van der Waals surface area contributed by atoms with Crippen molar-refractivity contribution >= 4 is 0 Å². The highest BCUT2D eigenvalue weighted by Crippen LogP contribution is 2.14. The van der Waals surface area contributed by atoms with E-state index in [1.54, 1.807) is 0 Å². The Kier molecular flexibility index (Phi) is 8.66. The molecule has 0 saturated carbocycles. The van der Waals surface area contributed by atoms with Gasteiger partial charge in [0.1, 0.15) is 0 Å². The highest BCUT2D eigenvalue weighted by Gasteiger charge is 2.23. The number of hydrogen-bond donors (Lipinski definition) is 1. The van der Waals surface area contributed by atoms with E-state index in [2.05, 4.69) is 5.32 Å². The number of hydrogen-bond acceptors (Lipinski definition) is 1. The molecule has 64 valence electrons. The summed E-state index contributed by atoms with van der Waals surface area (Å²) in [5, 5.41) is 2.41. The van der Waals surface area contributed by atoms with Gasteiger partial charge < -0.3 is 5.32 Å². The zero-order chi connectivity index (χ0) is 8.62. The van der Waals surface area contributed by atoms with Gasteiger partial charge in [-0.1, -0.05) is 20.8 Å². The minimum absolute atomic E-state index is 0.0894. The Bertz CT molecular complexity index is 64.6. The monoisotopic (exact) mass is 153 g/mol. The lowest BCUT2D eigenvalue weighted by molar-refractivity contribution is 0.000238. The van der Waals surface area contributed by atoms with Crippen LogP contribution in [0.15, 0.2) is 0 Å². The molecule has 1 nitrogen and oxygen atoms in total. The van der Waals surface area contributed by atoms with E-state index in [9.17, 15) is 8.78 Å². The van der Waals surface area contributed by atoms with E-state index < -0.39 is 5.92 Å². The van der Waals surface area contributed by atoms with Crippen LogP contribution < -0.4 is 5.32 Å². The lowest BCUT2D eigenvalue weighted by atomic mass is 10.3. The van der Waals surface area contributed by atoms with Crippen molar-refractivity contribution in [3.63, 3.8) is 0 Å². The van der Waals surface area contributed by atoms with Crippen molar-refractivity contribution in [3.05, 3.63) is 0 Å². The fourth-order valence-corrected chi connectivity index (χ4v) is 0.384. The molecule has 3 heteroatoms. The normalized spacial score (nSPS) is 10.2. The van der Waals surface area contributed by atoms with E-state index in [0.29, 0.717) is 0 Å². The topological polar surface area (TPSA) is 12.0 Å². The molecule has 10 heavy (non-hydrogen) atoms. The van der Waals surface area contributed by atoms with Crippen LogP contribution in [-0.4, -0.2) is 19.5 Å². The maximum absolute atomic E-state index is 12.1. The van der Waals surface area contributed by atoms with Gasteiger partial charge in [-0.3, -0.25) is 0 Å². The lowest BCUT2D eigenvalue weighted by Gasteiger charge is -2.11. The predicted octanol–water partition coefficient (Wildman–Crippen LogP) is 2.28. The molecule has 0 fully saturated rings. The summed E-state index contributed by atoms with van der Waals surface area (Å²) < 4.78 is 24.2. The molecule has 0 unspecified atom stereocenters. The van der Waals surface area contributed by atoms with Gasteiger partial charge in [0.05, 0.1) is 6.54 Å². The molecule has 1 N–H and O–H groups in total. The van der Waals surface area contributed by atoms with Gasteiger partial charge in [-0.25, -0.2) is 8.78 Å². The number of halogens is 2. The molecule has 0 aromatic carbocycles. The maximum Gasteiger partial charge on any atom is 0.260 e. The summed E-state index contributed by atoms with van der Waals surface area (Å²) in [6, 6.07) is 0. The molecule has 0 aliphatic heterocycles. The van der Waals surface area contributed by atoms with Gasteiger partial charge in [0.2, 0.25) is 0 Å². The Labute approximate surface area is 61.8 Å². The van der Waals surface area contributed by atoms with Crippen LogP contribution in [0.2, 0.25) is 0 Å². The van der Waals surface area contributed by atoms with Crippen LogP contribution in [0.1, 0.15) is 27.2 Å². The van der Waals surface area contributed by atoms with Gasteiger partial charge in [-0.2, -0.15) is 0 Å². The molecule has 0 atom stereocenters.